The lowest BCUT2D eigenvalue weighted by Crippen LogP contribution is -2.21. The zero-order valence-electron chi connectivity index (χ0n) is 15.4. The van der Waals surface area contributed by atoms with Crippen LogP contribution in [0, 0.1) is 0 Å². The molecule has 0 heterocycles. The average Bonchev–Trinajstić information content (AvgIpc) is 2.73. The van der Waals surface area contributed by atoms with Crippen LogP contribution in [-0.2, 0) is 13.2 Å². The first-order chi connectivity index (χ1) is 13.7. The van der Waals surface area contributed by atoms with Gasteiger partial charge in [-0.15, -0.1) is 5.10 Å². The molecule has 0 radical (unpaired) electrons. The van der Waals surface area contributed by atoms with Crippen molar-refractivity contribution in [2.24, 2.45) is 21.7 Å². The summed E-state index contributed by atoms with van der Waals surface area (Å²) in [5.74, 6) is 1.52. The molecule has 3 aromatic carbocycles. The van der Waals surface area contributed by atoms with Crippen LogP contribution in [0.5, 0.6) is 11.5 Å². The molecule has 0 aromatic heterocycles. The molecule has 0 aliphatic heterocycles. The first-order valence-corrected chi connectivity index (χ1v) is 8.79. The Hall–Kier alpha value is -3.80. The molecule has 0 saturated carbocycles. The van der Waals surface area contributed by atoms with Crippen molar-refractivity contribution in [2.45, 2.75) is 13.2 Å². The molecule has 0 spiro atoms. The van der Waals surface area contributed by atoms with E-state index in [1.54, 1.807) is 6.21 Å². The van der Waals surface area contributed by atoms with Gasteiger partial charge < -0.3 is 20.9 Å². The second-order valence-electron chi connectivity index (χ2n) is 6.05. The zero-order chi connectivity index (χ0) is 19.6. The number of nitrogens with two attached hydrogens (primary N) is 2. The van der Waals surface area contributed by atoms with Gasteiger partial charge in [0.15, 0.2) is 0 Å². The Morgan fingerprint density at radius 3 is 1.82 bits per heavy atom. The molecule has 0 amide bonds. The van der Waals surface area contributed by atoms with Gasteiger partial charge in [0.2, 0.25) is 5.96 Å². The molecular weight excluding hydrogens is 352 g/mol. The predicted molar refractivity (Wildman–Crippen MR) is 111 cm³/mol. The van der Waals surface area contributed by atoms with Crippen molar-refractivity contribution in [3.8, 4) is 11.5 Å². The molecule has 4 N–H and O–H groups in total. The van der Waals surface area contributed by atoms with Crippen LogP contribution in [0.1, 0.15) is 16.7 Å². The van der Waals surface area contributed by atoms with Crippen LogP contribution in [0.2, 0.25) is 0 Å². The van der Waals surface area contributed by atoms with Crippen LogP contribution in [0.3, 0.4) is 0 Å². The lowest BCUT2D eigenvalue weighted by atomic mass is 10.2. The van der Waals surface area contributed by atoms with E-state index < -0.39 is 0 Å². The molecule has 0 saturated heterocycles. The van der Waals surface area contributed by atoms with E-state index >= 15 is 0 Å². The standard InChI is InChI=1S/C22H22N4O2/c23-22(24)26-25-14-17-6-10-20(11-7-17)28-16-19-8-12-21(13-9-19)27-15-18-4-2-1-3-5-18/h1-14H,15-16H2,(H4,23,24,26). The minimum Gasteiger partial charge on any atom is -0.489 e. The van der Waals surface area contributed by atoms with Gasteiger partial charge in [0, 0.05) is 0 Å². The van der Waals surface area contributed by atoms with E-state index in [9.17, 15) is 0 Å². The summed E-state index contributed by atoms with van der Waals surface area (Å²) in [4.78, 5) is 0. The van der Waals surface area contributed by atoms with Crippen molar-refractivity contribution in [3.63, 3.8) is 0 Å². The second-order valence-corrected chi connectivity index (χ2v) is 6.05. The number of hydrogen-bond donors (Lipinski definition) is 2. The molecule has 3 rings (SSSR count). The van der Waals surface area contributed by atoms with E-state index in [1.165, 1.54) is 0 Å². The summed E-state index contributed by atoms with van der Waals surface area (Å²) in [7, 11) is 0. The Balaban J connectivity index is 1.48. The molecule has 6 heteroatoms. The minimum atomic E-state index is -0.0762. The van der Waals surface area contributed by atoms with Crippen molar-refractivity contribution >= 4 is 12.2 Å². The van der Waals surface area contributed by atoms with Crippen LogP contribution in [0.25, 0.3) is 0 Å². The number of guanidine groups is 1. The summed E-state index contributed by atoms with van der Waals surface area (Å²) < 4.78 is 11.6. The summed E-state index contributed by atoms with van der Waals surface area (Å²) in [6, 6.07) is 25.5. The van der Waals surface area contributed by atoms with Gasteiger partial charge in [-0.1, -0.05) is 42.5 Å². The summed E-state index contributed by atoms with van der Waals surface area (Å²) in [6.07, 6.45) is 1.57. The Morgan fingerprint density at radius 2 is 1.25 bits per heavy atom. The van der Waals surface area contributed by atoms with Crippen molar-refractivity contribution in [3.05, 3.63) is 95.6 Å². The first kappa shape index (κ1) is 19.0. The van der Waals surface area contributed by atoms with Gasteiger partial charge in [-0.3, -0.25) is 0 Å². The van der Waals surface area contributed by atoms with E-state index in [2.05, 4.69) is 10.2 Å². The number of nitrogens with zero attached hydrogens (tertiary/aromatic N) is 2. The van der Waals surface area contributed by atoms with Crippen LogP contribution < -0.4 is 20.9 Å². The van der Waals surface area contributed by atoms with Crippen molar-refractivity contribution in [2.75, 3.05) is 0 Å². The van der Waals surface area contributed by atoms with Gasteiger partial charge in [0.05, 0.1) is 6.21 Å². The Morgan fingerprint density at radius 1 is 0.714 bits per heavy atom. The highest BCUT2D eigenvalue weighted by Gasteiger charge is 1.99. The minimum absolute atomic E-state index is 0.0762. The Bertz CT molecular complexity index is 917. The highest BCUT2D eigenvalue weighted by molar-refractivity contribution is 5.81. The molecule has 28 heavy (non-hydrogen) atoms. The zero-order valence-corrected chi connectivity index (χ0v) is 15.4. The van der Waals surface area contributed by atoms with Gasteiger partial charge in [-0.2, -0.15) is 5.10 Å². The molecule has 142 valence electrons. The summed E-state index contributed by atoms with van der Waals surface area (Å²) in [5, 5.41) is 7.32. The Labute approximate surface area is 164 Å². The smallest absolute Gasteiger partial charge is 0.211 e. The van der Waals surface area contributed by atoms with Crippen LogP contribution in [0.4, 0.5) is 0 Å². The monoisotopic (exact) mass is 374 g/mol. The fraction of sp³-hybridized carbons (Fsp3) is 0.0909. The highest BCUT2D eigenvalue weighted by atomic mass is 16.5. The van der Waals surface area contributed by atoms with Gasteiger partial charge in [-0.05, 0) is 53.1 Å². The summed E-state index contributed by atoms with van der Waals surface area (Å²) in [6.45, 7) is 1.02. The molecule has 0 aliphatic rings. The highest BCUT2D eigenvalue weighted by Crippen LogP contribution is 2.17. The van der Waals surface area contributed by atoms with E-state index in [-0.39, 0.29) is 5.96 Å². The first-order valence-electron chi connectivity index (χ1n) is 8.79. The van der Waals surface area contributed by atoms with Crippen LogP contribution >= 0.6 is 0 Å². The quantitative estimate of drug-likeness (QED) is 0.359. The van der Waals surface area contributed by atoms with Crippen molar-refractivity contribution in [1.82, 2.24) is 0 Å². The molecule has 0 atom stereocenters. The second kappa shape index (κ2) is 9.78. The topological polar surface area (TPSA) is 95.2 Å². The third kappa shape index (κ3) is 6.17. The largest absolute Gasteiger partial charge is 0.489 e. The van der Waals surface area contributed by atoms with Gasteiger partial charge >= 0.3 is 0 Å². The third-order valence-electron chi connectivity index (χ3n) is 3.84. The van der Waals surface area contributed by atoms with E-state index in [1.807, 2.05) is 78.9 Å². The van der Waals surface area contributed by atoms with Gasteiger partial charge in [-0.25, -0.2) is 0 Å². The molecule has 3 aromatic rings. The molecule has 0 fully saturated rings. The fourth-order valence-corrected chi connectivity index (χ4v) is 2.40. The molecular formula is C22H22N4O2. The van der Waals surface area contributed by atoms with Crippen LogP contribution in [0.15, 0.2) is 89.1 Å². The molecule has 0 aliphatic carbocycles. The SMILES string of the molecule is NC(N)=NN=Cc1ccc(OCc2ccc(OCc3ccccc3)cc2)cc1. The fourth-order valence-electron chi connectivity index (χ4n) is 2.40. The summed E-state index contributed by atoms with van der Waals surface area (Å²) in [5.41, 5.74) is 13.5. The predicted octanol–water partition coefficient (Wildman–Crippen LogP) is 3.45. The number of rotatable bonds is 8. The van der Waals surface area contributed by atoms with E-state index in [4.69, 9.17) is 20.9 Å². The maximum absolute atomic E-state index is 5.81. The summed E-state index contributed by atoms with van der Waals surface area (Å²) >= 11 is 0. The van der Waals surface area contributed by atoms with Crippen molar-refractivity contribution < 1.29 is 9.47 Å². The number of benzene rings is 3. The van der Waals surface area contributed by atoms with E-state index in [0.29, 0.717) is 13.2 Å². The lowest BCUT2D eigenvalue weighted by molar-refractivity contribution is 0.301. The Kier molecular flexibility index (Phi) is 6.62. The van der Waals surface area contributed by atoms with Crippen molar-refractivity contribution in [1.29, 1.82) is 0 Å². The average molecular weight is 374 g/mol. The normalized spacial score (nSPS) is 10.6. The maximum Gasteiger partial charge on any atom is 0.211 e. The molecule has 0 bridgehead atoms. The van der Waals surface area contributed by atoms with Crippen LogP contribution in [-0.4, -0.2) is 12.2 Å². The molecule has 6 nitrogen and oxygen atoms in total. The van der Waals surface area contributed by atoms with E-state index in [0.717, 1.165) is 28.2 Å². The lowest BCUT2D eigenvalue weighted by Gasteiger charge is -2.09. The van der Waals surface area contributed by atoms with Gasteiger partial charge in [0.1, 0.15) is 24.7 Å². The maximum atomic E-state index is 5.81. The third-order valence-corrected chi connectivity index (χ3v) is 3.84. The van der Waals surface area contributed by atoms with Gasteiger partial charge in [0.25, 0.3) is 0 Å². The number of hydrogen-bond acceptors (Lipinski definition) is 4. The molecule has 0 unspecified atom stereocenters. The number of ether oxygens (including phenoxy) is 2.